The Balaban J connectivity index is 2.09. The van der Waals surface area contributed by atoms with Gasteiger partial charge in [-0.1, -0.05) is 31.2 Å². The molecule has 0 radical (unpaired) electrons. The van der Waals surface area contributed by atoms with Gasteiger partial charge in [-0.3, -0.25) is 0 Å². The summed E-state index contributed by atoms with van der Waals surface area (Å²) in [7, 11) is 0. The summed E-state index contributed by atoms with van der Waals surface area (Å²) in [6, 6.07) is 8.30. The molecule has 2 N–H and O–H groups in total. The van der Waals surface area contributed by atoms with E-state index >= 15 is 0 Å². The van der Waals surface area contributed by atoms with Crippen LogP contribution in [0.1, 0.15) is 18.1 Å². The maximum atomic E-state index is 10.3. The lowest BCUT2D eigenvalue weighted by molar-refractivity contribution is 0.0519. The van der Waals surface area contributed by atoms with Gasteiger partial charge in [-0.05, 0) is 17.7 Å². The molecule has 0 bridgehead atoms. The van der Waals surface area contributed by atoms with E-state index in [9.17, 15) is 5.11 Å². The molecule has 2 nitrogen and oxygen atoms in total. The van der Waals surface area contributed by atoms with Crippen LogP contribution in [0.5, 0.6) is 0 Å². The highest BCUT2D eigenvalue weighted by Gasteiger charge is 2.34. The first-order chi connectivity index (χ1) is 6.73. The van der Waals surface area contributed by atoms with Crippen molar-refractivity contribution in [3.8, 4) is 0 Å². The van der Waals surface area contributed by atoms with E-state index in [0.29, 0.717) is 6.54 Å². The fourth-order valence-corrected chi connectivity index (χ4v) is 2.16. The molecule has 1 aliphatic carbocycles. The molecule has 0 amide bonds. The Labute approximate surface area is 85.0 Å². The minimum absolute atomic E-state index is 0.556. The summed E-state index contributed by atoms with van der Waals surface area (Å²) in [6.45, 7) is 3.67. The van der Waals surface area contributed by atoms with Crippen LogP contribution in [0, 0.1) is 0 Å². The molecule has 0 aliphatic heterocycles. The average Bonchev–Trinajstić information content (AvgIpc) is 2.51. The quantitative estimate of drug-likeness (QED) is 0.750. The molecule has 0 saturated carbocycles. The predicted molar refractivity (Wildman–Crippen MR) is 57.3 cm³/mol. The zero-order valence-corrected chi connectivity index (χ0v) is 8.59. The van der Waals surface area contributed by atoms with Gasteiger partial charge < -0.3 is 10.4 Å². The van der Waals surface area contributed by atoms with Crippen LogP contribution < -0.4 is 5.32 Å². The third kappa shape index (κ3) is 1.81. The third-order valence-corrected chi connectivity index (χ3v) is 2.86. The molecule has 0 unspecified atom stereocenters. The van der Waals surface area contributed by atoms with Crippen molar-refractivity contribution in [2.45, 2.75) is 25.4 Å². The molecule has 1 aromatic carbocycles. The van der Waals surface area contributed by atoms with Crippen LogP contribution in [-0.2, 0) is 12.8 Å². The topological polar surface area (TPSA) is 32.3 Å². The summed E-state index contributed by atoms with van der Waals surface area (Å²) in [6.07, 6.45) is 1.58. The van der Waals surface area contributed by atoms with Gasteiger partial charge in [0.25, 0.3) is 0 Å². The third-order valence-electron chi connectivity index (χ3n) is 2.86. The van der Waals surface area contributed by atoms with Crippen LogP contribution in [0.4, 0.5) is 0 Å². The molecule has 1 aromatic rings. The monoisotopic (exact) mass is 191 g/mol. The van der Waals surface area contributed by atoms with Crippen molar-refractivity contribution in [3.05, 3.63) is 35.4 Å². The molecule has 1 aliphatic rings. The van der Waals surface area contributed by atoms with Gasteiger partial charge in [-0.2, -0.15) is 0 Å². The molecule has 0 spiro atoms. The number of hydrogen-bond donors (Lipinski definition) is 2. The number of hydrogen-bond acceptors (Lipinski definition) is 2. The molecule has 0 fully saturated rings. The molecule has 0 saturated heterocycles. The van der Waals surface area contributed by atoms with Crippen LogP contribution in [0.15, 0.2) is 24.3 Å². The molecule has 2 heteroatoms. The van der Waals surface area contributed by atoms with Crippen molar-refractivity contribution < 1.29 is 5.11 Å². The molecule has 2 rings (SSSR count). The molecular weight excluding hydrogens is 174 g/mol. The van der Waals surface area contributed by atoms with Crippen molar-refractivity contribution in [1.82, 2.24) is 5.32 Å². The normalized spacial score (nSPS) is 18.1. The fourth-order valence-electron chi connectivity index (χ4n) is 2.16. The summed E-state index contributed by atoms with van der Waals surface area (Å²) in [5, 5.41) is 13.5. The first-order valence-electron chi connectivity index (χ1n) is 5.23. The fraction of sp³-hybridized carbons (Fsp3) is 0.500. The first-order valence-corrected chi connectivity index (χ1v) is 5.23. The summed E-state index contributed by atoms with van der Waals surface area (Å²) in [5.74, 6) is 0. The van der Waals surface area contributed by atoms with Gasteiger partial charge in [0.1, 0.15) is 0 Å². The number of likely N-dealkylation sites (N-methyl/N-ethyl adjacent to an activating group) is 1. The van der Waals surface area contributed by atoms with E-state index in [0.717, 1.165) is 19.4 Å². The van der Waals surface area contributed by atoms with Crippen LogP contribution in [0.2, 0.25) is 0 Å². The van der Waals surface area contributed by atoms with E-state index in [2.05, 4.69) is 24.4 Å². The lowest BCUT2D eigenvalue weighted by atomic mass is 10.0. The SMILES string of the molecule is CCNCC1(O)Cc2ccccc2C1. The number of nitrogens with one attached hydrogen (secondary N) is 1. The van der Waals surface area contributed by atoms with Gasteiger partial charge in [0.15, 0.2) is 0 Å². The van der Waals surface area contributed by atoms with E-state index in [1.807, 2.05) is 12.1 Å². The molecule has 76 valence electrons. The lowest BCUT2D eigenvalue weighted by Crippen LogP contribution is -2.41. The maximum Gasteiger partial charge on any atom is 0.0851 e. The number of aliphatic hydroxyl groups is 1. The first kappa shape index (κ1) is 9.69. The zero-order chi connectivity index (χ0) is 10.0. The Morgan fingerprint density at radius 3 is 2.36 bits per heavy atom. The number of rotatable bonds is 3. The van der Waals surface area contributed by atoms with Gasteiger partial charge in [-0.15, -0.1) is 0 Å². The van der Waals surface area contributed by atoms with Gasteiger partial charge in [-0.25, -0.2) is 0 Å². The zero-order valence-electron chi connectivity index (χ0n) is 8.59. The molecular formula is C12H17NO. The molecule has 0 heterocycles. The largest absolute Gasteiger partial charge is 0.388 e. The van der Waals surface area contributed by atoms with E-state index in [-0.39, 0.29) is 0 Å². The summed E-state index contributed by atoms with van der Waals surface area (Å²) >= 11 is 0. The van der Waals surface area contributed by atoms with Gasteiger partial charge >= 0.3 is 0 Å². The van der Waals surface area contributed by atoms with E-state index < -0.39 is 5.60 Å². The van der Waals surface area contributed by atoms with Crippen molar-refractivity contribution in [2.24, 2.45) is 0 Å². The van der Waals surface area contributed by atoms with Crippen LogP contribution in [0.3, 0.4) is 0 Å². The predicted octanol–water partition coefficient (Wildman–Crippen LogP) is 1.13. The summed E-state index contributed by atoms with van der Waals surface area (Å²) in [4.78, 5) is 0. The van der Waals surface area contributed by atoms with Crippen molar-refractivity contribution in [3.63, 3.8) is 0 Å². The smallest absolute Gasteiger partial charge is 0.0851 e. The maximum absolute atomic E-state index is 10.3. The van der Waals surface area contributed by atoms with Gasteiger partial charge in [0, 0.05) is 19.4 Å². The molecule has 0 aromatic heterocycles. The highest BCUT2D eigenvalue weighted by Crippen LogP contribution is 2.29. The van der Waals surface area contributed by atoms with Gasteiger partial charge in [0.2, 0.25) is 0 Å². The standard InChI is InChI=1S/C12H17NO/c1-2-13-9-12(14)7-10-5-3-4-6-11(10)8-12/h3-6,13-14H,2,7-9H2,1H3. The van der Waals surface area contributed by atoms with Gasteiger partial charge in [0.05, 0.1) is 5.60 Å². The minimum atomic E-state index is -0.556. The van der Waals surface area contributed by atoms with Crippen LogP contribution >= 0.6 is 0 Å². The lowest BCUT2D eigenvalue weighted by Gasteiger charge is -2.22. The highest BCUT2D eigenvalue weighted by atomic mass is 16.3. The highest BCUT2D eigenvalue weighted by molar-refractivity contribution is 5.35. The Morgan fingerprint density at radius 2 is 1.86 bits per heavy atom. The Morgan fingerprint density at radius 1 is 1.29 bits per heavy atom. The molecule has 0 atom stereocenters. The number of benzene rings is 1. The second kappa shape index (κ2) is 3.71. The molecule has 14 heavy (non-hydrogen) atoms. The Kier molecular flexibility index (Phi) is 2.57. The van der Waals surface area contributed by atoms with Crippen LogP contribution in [0.25, 0.3) is 0 Å². The van der Waals surface area contributed by atoms with Crippen LogP contribution in [-0.4, -0.2) is 23.8 Å². The van der Waals surface area contributed by atoms with E-state index in [1.165, 1.54) is 11.1 Å². The average molecular weight is 191 g/mol. The summed E-state index contributed by atoms with van der Waals surface area (Å²) < 4.78 is 0. The Hall–Kier alpha value is -0.860. The second-order valence-corrected chi connectivity index (χ2v) is 4.13. The minimum Gasteiger partial charge on any atom is -0.388 e. The van der Waals surface area contributed by atoms with Crippen molar-refractivity contribution >= 4 is 0 Å². The van der Waals surface area contributed by atoms with E-state index in [1.54, 1.807) is 0 Å². The van der Waals surface area contributed by atoms with E-state index in [4.69, 9.17) is 0 Å². The summed E-state index contributed by atoms with van der Waals surface area (Å²) in [5.41, 5.74) is 2.04. The number of fused-ring (bicyclic) bond motifs is 1. The Bertz CT molecular complexity index is 297. The van der Waals surface area contributed by atoms with Crippen molar-refractivity contribution in [1.29, 1.82) is 0 Å². The van der Waals surface area contributed by atoms with Crippen molar-refractivity contribution in [2.75, 3.05) is 13.1 Å². The second-order valence-electron chi connectivity index (χ2n) is 4.13.